The molecule has 2 rings (SSSR count). The average Bonchev–Trinajstić information content (AvgIpc) is 2.62. The number of halogens is 2. The van der Waals surface area contributed by atoms with Crippen molar-refractivity contribution in [2.24, 2.45) is 5.10 Å². The summed E-state index contributed by atoms with van der Waals surface area (Å²) in [5.41, 5.74) is 2.67. The molecular weight excluding hydrogens is 350 g/mol. The van der Waals surface area contributed by atoms with E-state index in [1.807, 2.05) is 0 Å². The van der Waals surface area contributed by atoms with E-state index in [0.717, 1.165) is 12.1 Å². The number of ether oxygens (including phenoxy) is 3. The van der Waals surface area contributed by atoms with E-state index in [-0.39, 0.29) is 23.0 Å². The molecule has 0 aliphatic carbocycles. The summed E-state index contributed by atoms with van der Waals surface area (Å²) in [6.45, 7) is -0.512. The zero-order chi connectivity index (χ0) is 19.1. The Morgan fingerprint density at radius 3 is 2.38 bits per heavy atom. The van der Waals surface area contributed by atoms with Crippen molar-refractivity contribution in [1.82, 2.24) is 5.43 Å². The summed E-state index contributed by atoms with van der Waals surface area (Å²) in [6.07, 6.45) is 1.29. The first-order valence-electron chi connectivity index (χ1n) is 7.29. The molecule has 9 heteroatoms. The number of phenolic OH excluding ortho intramolecular Hbond substituents is 1. The van der Waals surface area contributed by atoms with Gasteiger partial charge in [0.05, 0.1) is 20.4 Å². The van der Waals surface area contributed by atoms with Gasteiger partial charge in [0.2, 0.25) is 5.75 Å². The van der Waals surface area contributed by atoms with E-state index in [0.29, 0.717) is 11.6 Å². The van der Waals surface area contributed by atoms with Crippen molar-refractivity contribution in [3.8, 4) is 23.0 Å². The second-order valence-corrected chi connectivity index (χ2v) is 4.93. The highest BCUT2D eigenvalue weighted by Gasteiger charge is 2.10. The van der Waals surface area contributed by atoms with Crippen LogP contribution < -0.4 is 19.6 Å². The van der Waals surface area contributed by atoms with Crippen LogP contribution in [0.3, 0.4) is 0 Å². The lowest BCUT2D eigenvalue weighted by Crippen LogP contribution is -2.24. The fraction of sp³-hybridized carbons (Fsp3) is 0.176. The molecule has 0 unspecified atom stereocenters. The Kier molecular flexibility index (Phi) is 6.31. The largest absolute Gasteiger partial charge is 0.502 e. The van der Waals surface area contributed by atoms with Gasteiger partial charge < -0.3 is 19.3 Å². The smallest absolute Gasteiger partial charge is 0.277 e. The van der Waals surface area contributed by atoms with Crippen LogP contribution in [0.25, 0.3) is 0 Å². The lowest BCUT2D eigenvalue weighted by Gasteiger charge is -2.09. The third-order valence-corrected chi connectivity index (χ3v) is 3.16. The lowest BCUT2D eigenvalue weighted by molar-refractivity contribution is -0.123. The van der Waals surface area contributed by atoms with Crippen LogP contribution in [-0.2, 0) is 4.79 Å². The van der Waals surface area contributed by atoms with Crippen LogP contribution in [0.1, 0.15) is 5.56 Å². The van der Waals surface area contributed by atoms with Crippen LogP contribution in [-0.4, -0.2) is 38.1 Å². The van der Waals surface area contributed by atoms with Crippen molar-refractivity contribution in [3.05, 3.63) is 47.5 Å². The van der Waals surface area contributed by atoms with Gasteiger partial charge in [-0.1, -0.05) is 0 Å². The zero-order valence-electron chi connectivity index (χ0n) is 14.0. The van der Waals surface area contributed by atoms with Crippen molar-refractivity contribution in [1.29, 1.82) is 0 Å². The third-order valence-electron chi connectivity index (χ3n) is 3.16. The maximum absolute atomic E-state index is 13.4. The first-order chi connectivity index (χ1) is 12.4. The van der Waals surface area contributed by atoms with Gasteiger partial charge in [-0.2, -0.15) is 5.10 Å². The minimum Gasteiger partial charge on any atom is -0.502 e. The van der Waals surface area contributed by atoms with Crippen LogP contribution in [0.5, 0.6) is 23.0 Å². The van der Waals surface area contributed by atoms with Crippen LogP contribution in [0, 0.1) is 11.6 Å². The molecule has 2 aromatic carbocycles. The van der Waals surface area contributed by atoms with Crippen molar-refractivity contribution in [2.45, 2.75) is 0 Å². The van der Waals surface area contributed by atoms with Crippen molar-refractivity contribution in [3.63, 3.8) is 0 Å². The van der Waals surface area contributed by atoms with Gasteiger partial charge in [0.1, 0.15) is 5.82 Å². The Morgan fingerprint density at radius 2 is 1.81 bits per heavy atom. The summed E-state index contributed by atoms with van der Waals surface area (Å²) in [4.78, 5) is 11.6. The maximum atomic E-state index is 13.4. The predicted molar refractivity (Wildman–Crippen MR) is 88.8 cm³/mol. The van der Waals surface area contributed by atoms with Crippen molar-refractivity contribution >= 4 is 12.1 Å². The lowest BCUT2D eigenvalue weighted by atomic mass is 10.2. The van der Waals surface area contributed by atoms with Gasteiger partial charge in [-0.15, -0.1) is 0 Å². The molecule has 0 saturated heterocycles. The van der Waals surface area contributed by atoms with Crippen LogP contribution >= 0.6 is 0 Å². The zero-order valence-corrected chi connectivity index (χ0v) is 14.0. The number of aromatic hydroxyl groups is 1. The van der Waals surface area contributed by atoms with Crippen LogP contribution in [0.4, 0.5) is 8.78 Å². The molecule has 0 spiro atoms. The number of phenols is 1. The van der Waals surface area contributed by atoms with E-state index in [4.69, 9.17) is 14.2 Å². The van der Waals surface area contributed by atoms with Gasteiger partial charge >= 0.3 is 0 Å². The predicted octanol–water partition coefficient (Wildman–Crippen LogP) is 2.22. The second-order valence-electron chi connectivity index (χ2n) is 4.93. The molecule has 0 saturated carbocycles. The number of carbonyl (C=O) groups excluding carboxylic acids is 1. The summed E-state index contributed by atoms with van der Waals surface area (Å²) >= 11 is 0. The molecule has 0 aliphatic heterocycles. The molecule has 0 aliphatic rings. The van der Waals surface area contributed by atoms with Gasteiger partial charge in [0.15, 0.2) is 29.7 Å². The van der Waals surface area contributed by atoms with Crippen molar-refractivity contribution in [2.75, 3.05) is 20.8 Å². The molecular formula is C17H16F2N2O5. The first kappa shape index (κ1) is 19.0. The number of carbonyl (C=O) groups is 1. The fourth-order valence-corrected chi connectivity index (χ4v) is 1.93. The molecule has 2 N–H and O–H groups in total. The molecule has 0 heterocycles. The van der Waals surface area contributed by atoms with E-state index < -0.39 is 24.1 Å². The third kappa shape index (κ3) is 4.82. The minimum absolute atomic E-state index is 0.161. The van der Waals surface area contributed by atoms with E-state index >= 15 is 0 Å². The number of amides is 1. The van der Waals surface area contributed by atoms with E-state index in [2.05, 4.69) is 10.5 Å². The summed E-state index contributed by atoms with van der Waals surface area (Å²) in [5, 5.41) is 13.5. The summed E-state index contributed by atoms with van der Waals surface area (Å²) in [7, 11) is 2.76. The molecule has 0 bridgehead atoms. The Morgan fingerprint density at radius 1 is 1.15 bits per heavy atom. The summed E-state index contributed by atoms with van der Waals surface area (Å²) in [6, 6.07) is 5.71. The first-order valence-corrected chi connectivity index (χ1v) is 7.29. The van der Waals surface area contributed by atoms with Gasteiger partial charge in [0.25, 0.3) is 5.91 Å². The average molecular weight is 366 g/mol. The van der Waals surface area contributed by atoms with Crippen LogP contribution in [0.15, 0.2) is 35.4 Å². The number of hydrogen-bond donors (Lipinski definition) is 2. The molecule has 7 nitrogen and oxygen atoms in total. The maximum Gasteiger partial charge on any atom is 0.277 e. The molecule has 138 valence electrons. The normalized spacial score (nSPS) is 10.6. The minimum atomic E-state index is -0.912. The fourth-order valence-electron chi connectivity index (χ4n) is 1.93. The number of rotatable bonds is 7. The van der Waals surface area contributed by atoms with Gasteiger partial charge in [0, 0.05) is 11.6 Å². The van der Waals surface area contributed by atoms with Crippen LogP contribution in [0.2, 0.25) is 0 Å². The molecule has 0 aromatic heterocycles. The van der Waals surface area contributed by atoms with E-state index in [1.54, 1.807) is 0 Å². The topological polar surface area (TPSA) is 89.4 Å². The van der Waals surface area contributed by atoms with E-state index in [9.17, 15) is 18.7 Å². The number of nitrogens with zero attached hydrogens (tertiary/aromatic N) is 1. The number of nitrogens with one attached hydrogen (secondary N) is 1. The van der Waals surface area contributed by atoms with E-state index in [1.165, 1.54) is 32.6 Å². The Bertz CT molecular complexity index is 802. The van der Waals surface area contributed by atoms with Crippen molar-refractivity contribution < 1.29 is 32.9 Å². The Labute approximate surface area is 147 Å². The molecule has 1 amide bonds. The Balaban J connectivity index is 1.94. The molecule has 0 radical (unpaired) electrons. The molecule has 26 heavy (non-hydrogen) atoms. The summed E-state index contributed by atoms with van der Waals surface area (Å²) < 4.78 is 41.1. The standard InChI is InChI=1S/C17H16F2N2O5/c1-24-14-5-10(6-15(25-2)17(14)23)8-20-21-16(22)9-26-13-4-3-11(18)7-12(13)19/h3-8,23H,9H2,1-2H3,(H,21,22). The number of hydrazone groups is 1. The SMILES string of the molecule is COc1cc(C=NNC(=O)COc2ccc(F)cc2F)cc(OC)c1O. The summed E-state index contributed by atoms with van der Waals surface area (Å²) in [5.74, 6) is -2.38. The molecule has 0 fully saturated rings. The highest BCUT2D eigenvalue weighted by molar-refractivity contribution is 5.84. The monoisotopic (exact) mass is 366 g/mol. The highest BCUT2D eigenvalue weighted by atomic mass is 19.1. The number of methoxy groups -OCH3 is 2. The van der Waals surface area contributed by atoms with Gasteiger partial charge in [-0.25, -0.2) is 14.2 Å². The van der Waals surface area contributed by atoms with Gasteiger partial charge in [-0.05, 0) is 24.3 Å². The van der Waals surface area contributed by atoms with Gasteiger partial charge in [-0.3, -0.25) is 4.79 Å². The number of hydrogen-bond acceptors (Lipinski definition) is 6. The molecule has 0 atom stereocenters. The quantitative estimate of drug-likeness (QED) is 0.579. The number of benzene rings is 2. The highest BCUT2D eigenvalue weighted by Crippen LogP contribution is 2.36. The molecule has 2 aromatic rings. The Hall–Kier alpha value is -3.36. The second kappa shape index (κ2) is 8.65.